The second-order valence-electron chi connectivity index (χ2n) is 5.15. The highest BCUT2D eigenvalue weighted by molar-refractivity contribution is 7.91. The molecule has 0 unspecified atom stereocenters. The van der Waals surface area contributed by atoms with Crippen LogP contribution in [0.4, 0.5) is 0 Å². The Hall–Kier alpha value is -0.840. The third kappa shape index (κ3) is 2.57. The van der Waals surface area contributed by atoms with Crippen LogP contribution in [0.2, 0.25) is 5.02 Å². The van der Waals surface area contributed by atoms with Gasteiger partial charge in [0.2, 0.25) is 0 Å². The van der Waals surface area contributed by atoms with Gasteiger partial charge in [-0.1, -0.05) is 23.8 Å². The summed E-state index contributed by atoms with van der Waals surface area (Å²) < 4.78 is 24.2. The lowest BCUT2D eigenvalue weighted by atomic mass is 10.0. The maximum Gasteiger partial charge on any atom is 0.178 e. The Labute approximate surface area is 118 Å². The van der Waals surface area contributed by atoms with E-state index in [0.717, 1.165) is 18.4 Å². The van der Waals surface area contributed by atoms with Gasteiger partial charge in [-0.05, 0) is 43.0 Å². The van der Waals surface area contributed by atoms with Crippen LogP contribution in [0.3, 0.4) is 0 Å². The van der Waals surface area contributed by atoms with E-state index in [-0.39, 0.29) is 11.8 Å². The summed E-state index contributed by atoms with van der Waals surface area (Å²) >= 11 is 6.02. The van der Waals surface area contributed by atoms with Crippen LogP contribution in [0.1, 0.15) is 30.9 Å². The number of benzene rings is 1. The van der Waals surface area contributed by atoms with Gasteiger partial charge in [0.15, 0.2) is 9.84 Å². The number of rotatable bonds is 2. The van der Waals surface area contributed by atoms with E-state index in [2.05, 4.69) is 17.5 Å². The van der Waals surface area contributed by atoms with Crippen molar-refractivity contribution in [3.63, 3.8) is 0 Å². The second kappa shape index (κ2) is 4.93. The molecule has 1 N–H and O–H groups in total. The van der Waals surface area contributed by atoms with Crippen LogP contribution < -0.4 is 5.32 Å². The molecule has 1 aliphatic carbocycles. The molecule has 5 heteroatoms. The minimum absolute atomic E-state index is 0.0853. The molecular formula is C14H16ClNO2S. The first-order valence-corrected chi connectivity index (χ1v) is 8.52. The first-order valence-electron chi connectivity index (χ1n) is 6.49. The Morgan fingerprint density at radius 2 is 1.95 bits per heavy atom. The fourth-order valence-electron chi connectivity index (χ4n) is 2.82. The molecule has 0 amide bonds. The average molecular weight is 298 g/mol. The Kier molecular flexibility index (Phi) is 3.41. The van der Waals surface area contributed by atoms with Gasteiger partial charge in [0.1, 0.15) is 0 Å². The fraction of sp³-hybridized carbons (Fsp3) is 0.429. The van der Waals surface area contributed by atoms with Crippen molar-refractivity contribution in [2.75, 3.05) is 5.75 Å². The quantitative estimate of drug-likeness (QED) is 0.854. The number of nitrogens with one attached hydrogen (secondary N) is 1. The molecule has 3 nitrogen and oxygen atoms in total. The molecule has 102 valence electrons. The first-order chi connectivity index (χ1) is 9.06. The average Bonchev–Trinajstić information content (AvgIpc) is 2.85. The lowest BCUT2D eigenvalue weighted by Gasteiger charge is -2.29. The Bertz CT molecular complexity index is 616. The van der Waals surface area contributed by atoms with Crippen molar-refractivity contribution in [2.24, 2.45) is 0 Å². The van der Waals surface area contributed by atoms with E-state index in [1.807, 2.05) is 0 Å². The first kappa shape index (κ1) is 13.2. The summed E-state index contributed by atoms with van der Waals surface area (Å²) in [5.41, 5.74) is 0.825. The van der Waals surface area contributed by atoms with E-state index in [1.165, 1.54) is 0 Å². The predicted molar refractivity (Wildman–Crippen MR) is 76.2 cm³/mol. The van der Waals surface area contributed by atoms with E-state index in [1.54, 1.807) is 18.2 Å². The molecule has 0 radical (unpaired) electrons. The highest BCUT2D eigenvalue weighted by Gasteiger charge is 2.31. The van der Waals surface area contributed by atoms with Crippen LogP contribution in [0.5, 0.6) is 0 Å². The summed E-state index contributed by atoms with van der Waals surface area (Å²) in [6, 6.07) is 5.57. The number of hydrogen-bond donors (Lipinski definition) is 1. The van der Waals surface area contributed by atoms with Crippen LogP contribution in [0.25, 0.3) is 0 Å². The van der Waals surface area contributed by atoms with Gasteiger partial charge in [0.05, 0.1) is 10.6 Å². The fourth-order valence-corrected chi connectivity index (χ4v) is 4.61. The number of hydrogen-bond acceptors (Lipinski definition) is 3. The van der Waals surface area contributed by atoms with Gasteiger partial charge in [0.25, 0.3) is 0 Å². The topological polar surface area (TPSA) is 46.2 Å². The Balaban J connectivity index is 1.94. The zero-order valence-electron chi connectivity index (χ0n) is 10.5. The Morgan fingerprint density at radius 1 is 1.21 bits per heavy atom. The molecule has 1 heterocycles. The zero-order valence-corrected chi connectivity index (χ0v) is 12.0. The molecule has 1 aromatic rings. The second-order valence-corrected chi connectivity index (χ2v) is 7.66. The predicted octanol–water partition coefficient (Wildman–Crippen LogP) is 2.87. The number of sulfone groups is 1. The van der Waals surface area contributed by atoms with E-state index in [0.29, 0.717) is 22.4 Å². The third-order valence-electron chi connectivity index (χ3n) is 3.80. The summed E-state index contributed by atoms with van der Waals surface area (Å²) in [4.78, 5) is 0.437. The lowest BCUT2D eigenvalue weighted by molar-refractivity contribution is 0.426. The van der Waals surface area contributed by atoms with Crippen molar-refractivity contribution < 1.29 is 8.42 Å². The molecule has 19 heavy (non-hydrogen) atoms. The van der Waals surface area contributed by atoms with Crippen LogP contribution in [0.15, 0.2) is 35.2 Å². The van der Waals surface area contributed by atoms with Gasteiger partial charge < -0.3 is 5.32 Å². The van der Waals surface area contributed by atoms with Gasteiger partial charge >= 0.3 is 0 Å². The molecule has 1 aromatic carbocycles. The summed E-state index contributed by atoms with van der Waals surface area (Å²) in [6.45, 7) is 0. The maximum absolute atomic E-state index is 12.1. The highest BCUT2D eigenvalue weighted by atomic mass is 35.5. The molecular weight excluding hydrogens is 282 g/mol. The summed E-state index contributed by atoms with van der Waals surface area (Å²) in [5, 5.41) is 4.14. The highest BCUT2D eigenvalue weighted by Crippen LogP contribution is 2.34. The monoisotopic (exact) mass is 297 g/mol. The standard InChI is InChI=1S/C14H16ClNO2S/c15-10-5-6-14-12(9-10)13(7-8-19(14,17)18)16-11-3-1-2-4-11/h1-2,5-6,9,11,13,16H,3-4,7-8H2/t13-/m1/s1. The van der Waals surface area contributed by atoms with Crippen LogP contribution in [0, 0.1) is 0 Å². The van der Waals surface area contributed by atoms with Crippen molar-refractivity contribution in [2.45, 2.75) is 36.2 Å². The lowest BCUT2D eigenvalue weighted by Crippen LogP contribution is -2.35. The smallest absolute Gasteiger partial charge is 0.178 e. The van der Waals surface area contributed by atoms with Gasteiger partial charge in [-0.3, -0.25) is 0 Å². The Morgan fingerprint density at radius 3 is 2.68 bits per heavy atom. The largest absolute Gasteiger partial charge is 0.306 e. The SMILES string of the molecule is O=S1(=O)CC[C@@H](NC2CC=CC2)c2cc(Cl)ccc21. The van der Waals surface area contributed by atoms with Crippen molar-refractivity contribution in [3.8, 4) is 0 Å². The molecule has 0 saturated carbocycles. The van der Waals surface area contributed by atoms with Crippen LogP contribution in [-0.4, -0.2) is 20.2 Å². The molecule has 0 spiro atoms. The molecule has 0 fully saturated rings. The summed E-state index contributed by atoms with van der Waals surface area (Å²) in [5.74, 6) is 0.208. The van der Waals surface area contributed by atoms with Gasteiger partial charge in [-0.25, -0.2) is 8.42 Å². The van der Waals surface area contributed by atoms with Crippen LogP contribution in [-0.2, 0) is 9.84 Å². The molecule has 0 saturated heterocycles. The van der Waals surface area contributed by atoms with Crippen LogP contribution >= 0.6 is 11.6 Å². The van der Waals surface area contributed by atoms with Crippen molar-refractivity contribution in [3.05, 3.63) is 40.9 Å². The summed E-state index contributed by atoms with van der Waals surface area (Å²) in [6.07, 6.45) is 6.97. The molecule has 1 aliphatic heterocycles. The molecule has 0 aromatic heterocycles. The minimum Gasteiger partial charge on any atom is -0.306 e. The van der Waals surface area contributed by atoms with Crippen molar-refractivity contribution in [1.29, 1.82) is 0 Å². The van der Waals surface area contributed by atoms with E-state index < -0.39 is 9.84 Å². The summed E-state index contributed by atoms with van der Waals surface area (Å²) in [7, 11) is -3.14. The van der Waals surface area contributed by atoms with Crippen molar-refractivity contribution >= 4 is 21.4 Å². The minimum atomic E-state index is -3.14. The molecule has 1 atom stereocenters. The van der Waals surface area contributed by atoms with E-state index in [4.69, 9.17) is 11.6 Å². The molecule has 0 bridgehead atoms. The number of halogens is 1. The molecule has 3 rings (SSSR count). The van der Waals surface area contributed by atoms with Gasteiger partial charge in [-0.2, -0.15) is 0 Å². The zero-order chi connectivity index (χ0) is 13.5. The number of fused-ring (bicyclic) bond motifs is 1. The maximum atomic E-state index is 12.1. The van der Waals surface area contributed by atoms with E-state index >= 15 is 0 Å². The van der Waals surface area contributed by atoms with Gasteiger partial charge in [-0.15, -0.1) is 0 Å². The normalized spacial score (nSPS) is 25.4. The third-order valence-corrected chi connectivity index (χ3v) is 5.85. The van der Waals surface area contributed by atoms with Gasteiger partial charge in [0, 0.05) is 17.1 Å². The van der Waals surface area contributed by atoms with Crippen molar-refractivity contribution in [1.82, 2.24) is 5.32 Å². The molecule has 2 aliphatic rings. The van der Waals surface area contributed by atoms with E-state index in [9.17, 15) is 8.42 Å².